The summed E-state index contributed by atoms with van der Waals surface area (Å²) in [7, 11) is -4.35. The Morgan fingerprint density at radius 2 is 2.05 bits per heavy atom. The van der Waals surface area contributed by atoms with E-state index in [0.29, 0.717) is 0 Å². The summed E-state index contributed by atoms with van der Waals surface area (Å²) >= 11 is 7.00. The third kappa shape index (κ3) is 8.08. The first kappa shape index (κ1) is 34.4. The fourth-order valence-corrected chi connectivity index (χ4v) is 6.32. The molecule has 6 atom stereocenters. The number of aliphatic hydroxyl groups is 1. The lowest BCUT2D eigenvalue weighted by Crippen LogP contribution is -2.39. The summed E-state index contributed by atoms with van der Waals surface area (Å²) in [6.45, 7) is 8.93. The van der Waals surface area contributed by atoms with Crippen molar-refractivity contribution >= 4 is 59.3 Å². The van der Waals surface area contributed by atoms with Gasteiger partial charge in [-0.3, -0.25) is 33.0 Å². The summed E-state index contributed by atoms with van der Waals surface area (Å²) in [4.78, 5) is 46.7. The molecule has 0 aromatic carbocycles. The molecule has 1 saturated heterocycles. The van der Waals surface area contributed by atoms with Gasteiger partial charge < -0.3 is 20.3 Å². The second-order valence-electron chi connectivity index (χ2n) is 10.8. The minimum absolute atomic E-state index is 0.110. The normalized spacial score (nSPS) is 25.0. The Labute approximate surface area is 249 Å². The summed E-state index contributed by atoms with van der Waals surface area (Å²) in [6, 6.07) is -1.16. The monoisotopic (exact) mass is 656 g/mol. The molecule has 1 fully saturated rings. The van der Waals surface area contributed by atoms with Crippen LogP contribution in [0.15, 0.2) is 11.1 Å². The number of thioether (sulfide) groups is 1. The number of aliphatic hydroxyl groups excluding tert-OH is 1. The number of rotatable bonds is 12. The quantitative estimate of drug-likeness (QED) is 0.112. The number of hydrogen-bond acceptors (Lipinski definition) is 13. The molecule has 5 N–H and O–H groups in total. The van der Waals surface area contributed by atoms with Crippen LogP contribution in [0.25, 0.3) is 11.2 Å². The van der Waals surface area contributed by atoms with E-state index in [4.69, 9.17) is 35.9 Å². The maximum Gasteiger partial charge on any atom is 0.406 e. The number of hydrogen-bond donors (Lipinski definition) is 4. The number of nitrogen functional groups attached to an aromatic ring is 1. The second kappa shape index (κ2) is 13.3. The van der Waals surface area contributed by atoms with Gasteiger partial charge in [-0.2, -0.15) is 4.98 Å². The summed E-state index contributed by atoms with van der Waals surface area (Å²) in [5.41, 5.74) is 3.96. The topological polar surface area (TPSA) is 210 Å². The van der Waals surface area contributed by atoms with E-state index >= 15 is 4.39 Å². The second-order valence-corrected chi connectivity index (χ2v) is 14.2. The van der Waals surface area contributed by atoms with Crippen LogP contribution in [0, 0.1) is 5.41 Å². The fourth-order valence-electron chi connectivity index (χ4n) is 3.64. The highest BCUT2D eigenvalue weighted by molar-refractivity contribution is 8.13. The number of fused-ring (bicyclic) bond motifs is 1. The van der Waals surface area contributed by atoms with Gasteiger partial charge in [0, 0.05) is 11.2 Å². The van der Waals surface area contributed by atoms with Crippen molar-refractivity contribution in [2.24, 2.45) is 5.41 Å². The van der Waals surface area contributed by atoms with E-state index < -0.39 is 67.0 Å². The lowest BCUT2D eigenvalue weighted by atomic mass is 10.00. The zero-order valence-corrected chi connectivity index (χ0v) is 26.3. The van der Waals surface area contributed by atoms with Gasteiger partial charge in [-0.1, -0.05) is 44.1 Å². The predicted molar refractivity (Wildman–Crippen MR) is 152 cm³/mol. The van der Waals surface area contributed by atoms with Gasteiger partial charge in [-0.25, -0.2) is 19.0 Å². The summed E-state index contributed by atoms with van der Waals surface area (Å²) in [5, 5.41) is 10.0. The van der Waals surface area contributed by atoms with Crippen LogP contribution in [-0.2, 0) is 32.7 Å². The molecule has 0 radical (unpaired) electrons. The van der Waals surface area contributed by atoms with Crippen LogP contribution in [0.3, 0.4) is 0 Å². The molecular formula is C23H35ClFN6O9PS. The van der Waals surface area contributed by atoms with Crippen molar-refractivity contribution in [3.8, 4) is 0 Å². The van der Waals surface area contributed by atoms with Crippen LogP contribution >= 0.6 is 31.1 Å². The number of anilines is 1. The Kier molecular flexibility index (Phi) is 10.9. The lowest BCUT2D eigenvalue weighted by Gasteiger charge is -2.25. The van der Waals surface area contributed by atoms with Gasteiger partial charge in [0.15, 0.2) is 22.5 Å². The fraction of sp³-hybridized carbons (Fsp3) is 0.696. The van der Waals surface area contributed by atoms with Gasteiger partial charge in [-0.05, 0) is 20.8 Å². The number of nitrogens with one attached hydrogen (secondary N) is 2. The zero-order valence-electron chi connectivity index (χ0n) is 23.8. The first-order valence-corrected chi connectivity index (χ1v) is 15.7. The number of carbonyl (C=O) groups is 2. The minimum atomic E-state index is -4.35. The number of carbonyl (C=O) groups excluding carboxylic acids is 2. The molecule has 19 heteroatoms. The van der Waals surface area contributed by atoms with Crippen molar-refractivity contribution in [2.75, 3.05) is 24.7 Å². The highest BCUT2D eigenvalue weighted by atomic mass is 35.5. The van der Waals surface area contributed by atoms with Gasteiger partial charge in [0.25, 0.3) is 10.7 Å². The first-order valence-electron chi connectivity index (χ1n) is 12.8. The van der Waals surface area contributed by atoms with E-state index in [1.54, 1.807) is 34.6 Å². The Hall–Kier alpha value is -2.11. The maximum absolute atomic E-state index is 15.6. The van der Waals surface area contributed by atoms with Crippen LogP contribution in [0.1, 0.15) is 47.8 Å². The van der Waals surface area contributed by atoms with Crippen molar-refractivity contribution in [1.29, 1.82) is 0 Å². The van der Waals surface area contributed by atoms with Crippen LogP contribution in [0.2, 0.25) is 0 Å². The van der Waals surface area contributed by atoms with Gasteiger partial charge in [0.2, 0.25) is 5.95 Å². The van der Waals surface area contributed by atoms with Gasteiger partial charge >= 0.3 is 13.7 Å². The van der Waals surface area contributed by atoms with Crippen LogP contribution in [-0.4, -0.2) is 84.2 Å². The van der Waals surface area contributed by atoms with Crippen molar-refractivity contribution in [1.82, 2.24) is 24.6 Å². The van der Waals surface area contributed by atoms with Gasteiger partial charge in [0.05, 0.1) is 25.6 Å². The average Bonchev–Trinajstić information content (AvgIpc) is 3.37. The summed E-state index contributed by atoms with van der Waals surface area (Å²) in [5.74, 6) is -0.911. The molecule has 0 saturated carbocycles. The molecule has 0 spiro atoms. The maximum atomic E-state index is 15.6. The molecule has 236 valence electrons. The molecule has 2 aromatic rings. The van der Waals surface area contributed by atoms with E-state index in [9.17, 15) is 24.1 Å². The minimum Gasteiger partial charge on any atom is -0.462 e. The number of aromatic nitrogens is 4. The molecule has 0 aliphatic carbocycles. The number of ether oxygens (including phenoxy) is 2. The molecular weight excluding hydrogens is 622 g/mol. The number of nitrogens with two attached hydrogens (primary N) is 1. The largest absolute Gasteiger partial charge is 0.462 e. The Bertz CT molecular complexity index is 1400. The number of nitrogens with zero attached hydrogens (tertiary/aromatic N) is 3. The molecule has 2 aromatic heterocycles. The van der Waals surface area contributed by atoms with E-state index in [-0.39, 0.29) is 34.6 Å². The summed E-state index contributed by atoms with van der Waals surface area (Å²) in [6.07, 6.45) is -4.71. The first-order chi connectivity index (χ1) is 19.4. The van der Waals surface area contributed by atoms with Crippen LogP contribution in [0.4, 0.5) is 10.3 Å². The standard InChI is InChI=1S/C23H35ClFN6O9PS/c1-11(2)39-18(34)12(3)30-41(36,37-7-8-42-20(35)22(4,5)6)38-9-13-15(32)23(24,25)19(40-13)31-10-27-14-16(31)28-21(26)29-17(14)33/h10-13,15,19,32H,7-9H2,1-6H3,(H,30,36)(H3,26,28,29,33)/t12-,13-,15-,19-,23+,41-/m1/s1. The molecule has 3 rings (SSSR count). The zero-order chi connectivity index (χ0) is 31.6. The Balaban J connectivity index is 1.77. The van der Waals surface area contributed by atoms with Crippen molar-refractivity contribution in [3.05, 3.63) is 16.7 Å². The van der Waals surface area contributed by atoms with E-state index in [2.05, 4.69) is 20.0 Å². The molecule has 42 heavy (non-hydrogen) atoms. The molecule has 1 aliphatic rings. The summed E-state index contributed by atoms with van der Waals surface area (Å²) < 4.78 is 51.9. The smallest absolute Gasteiger partial charge is 0.406 e. The third-order valence-corrected chi connectivity index (χ3v) is 9.11. The molecule has 15 nitrogen and oxygen atoms in total. The predicted octanol–water partition coefficient (Wildman–Crippen LogP) is 2.24. The van der Waals surface area contributed by atoms with Crippen molar-refractivity contribution in [3.63, 3.8) is 0 Å². The van der Waals surface area contributed by atoms with E-state index in [1.807, 2.05) is 0 Å². The van der Waals surface area contributed by atoms with Gasteiger partial charge in [-0.15, -0.1) is 0 Å². The molecule has 3 heterocycles. The number of alkyl halides is 2. The SMILES string of the molecule is CC(C)OC(=O)[C@@H](C)N[P@@](=O)(OCCSC(=O)C(C)(C)C)OC[C@H]1O[C@@H](n2cnc3c(=O)[nH]c(N)nc32)[C@](F)(Cl)[C@@H]1O. The highest BCUT2D eigenvalue weighted by Gasteiger charge is 2.58. The third-order valence-electron chi connectivity index (χ3n) is 5.74. The average molecular weight is 657 g/mol. The number of imidazole rings is 1. The van der Waals surface area contributed by atoms with Crippen LogP contribution in [0.5, 0.6) is 0 Å². The molecule has 0 amide bonds. The van der Waals surface area contributed by atoms with Crippen molar-refractivity contribution < 1.29 is 42.2 Å². The number of esters is 1. The molecule has 0 unspecified atom stereocenters. The number of aromatic amines is 1. The Morgan fingerprint density at radius 3 is 2.67 bits per heavy atom. The number of H-pyrrole nitrogens is 1. The molecule has 1 aliphatic heterocycles. The van der Waals surface area contributed by atoms with E-state index in [1.165, 1.54) is 6.92 Å². The van der Waals surface area contributed by atoms with E-state index in [0.717, 1.165) is 22.7 Å². The van der Waals surface area contributed by atoms with Crippen LogP contribution < -0.4 is 16.4 Å². The molecule has 0 bridgehead atoms. The number of halogens is 2. The highest BCUT2D eigenvalue weighted by Crippen LogP contribution is 2.49. The van der Waals surface area contributed by atoms with Crippen molar-refractivity contribution in [2.45, 2.75) is 77.3 Å². The van der Waals surface area contributed by atoms with Gasteiger partial charge in [0.1, 0.15) is 18.2 Å². The Morgan fingerprint density at radius 1 is 1.38 bits per heavy atom. The lowest BCUT2D eigenvalue weighted by molar-refractivity contribution is -0.149.